The van der Waals surface area contributed by atoms with Crippen LogP contribution in [0.15, 0.2) is 0 Å². The summed E-state index contributed by atoms with van der Waals surface area (Å²) in [6, 6.07) is -0.487. The summed E-state index contributed by atoms with van der Waals surface area (Å²) in [4.78, 5) is 25.7. The lowest BCUT2D eigenvalue weighted by Gasteiger charge is -2.27. The molecular weight excluding hydrogens is 258 g/mol. The first-order valence-corrected chi connectivity index (χ1v) is 7.37. The van der Waals surface area contributed by atoms with Crippen LogP contribution in [0.4, 0.5) is 4.79 Å². The topological polar surface area (TPSA) is 55.8 Å². The maximum atomic E-state index is 12.2. The van der Waals surface area contributed by atoms with Gasteiger partial charge in [-0.05, 0) is 45.4 Å². The first-order valence-electron chi connectivity index (χ1n) is 7.37. The number of ether oxygens (including phenoxy) is 2. The van der Waals surface area contributed by atoms with Crippen molar-refractivity contribution in [2.75, 3.05) is 13.7 Å². The van der Waals surface area contributed by atoms with Crippen molar-refractivity contribution in [2.45, 2.75) is 58.1 Å². The molecule has 2 aliphatic rings. The van der Waals surface area contributed by atoms with Gasteiger partial charge in [-0.2, -0.15) is 0 Å². The fourth-order valence-electron chi connectivity index (χ4n) is 2.80. The lowest BCUT2D eigenvalue weighted by molar-refractivity contribution is -0.145. The molecule has 2 fully saturated rings. The van der Waals surface area contributed by atoms with E-state index in [4.69, 9.17) is 9.47 Å². The molecule has 1 aliphatic carbocycles. The van der Waals surface area contributed by atoms with Crippen LogP contribution < -0.4 is 0 Å². The van der Waals surface area contributed by atoms with Gasteiger partial charge in [0.25, 0.3) is 0 Å². The highest BCUT2D eigenvalue weighted by molar-refractivity contribution is 5.82. The third-order valence-corrected chi connectivity index (χ3v) is 3.85. The lowest BCUT2D eigenvalue weighted by Crippen LogP contribution is -2.43. The molecule has 0 aromatic heterocycles. The van der Waals surface area contributed by atoms with Crippen LogP contribution >= 0.6 is 0 Å². The number of methoxy groups -OCH3 is 1. The number of rotatable bonds is 3. The Balaban J connectivity index is 2.02. The molecule has 1 saturated heterocycles. The van der Waals surface area contributed by atoms with Crippen molar-refractivity contribution in [3.8, 4) is 0 Å². The molecule has 0 aromatic carbocycles. The Kier molecular flexibility index (Phi) is 4.25. The number of carbonyl (C=O) groups excluding carboxylic acids is 2. The van der Waals surface area contributed by atoms with Gasteiger partial charge in [-0.15, -0.1) is 0 Å². The summed E-state index contributed by atoms with van der Waals surface area (Å²) >= 11 is 0. The third-order valence-electron chi connectivity index (χ3n) is 3.85. The molecule has 5 heteroatoms. The minimum absolute atomic E-state index is 0.339. The van der Waals surface area contributed by atoms with Crippen LogP contribution in [0.2, 0.25) is 0 Å². The SMILES string of the molecule is COC(=O)[C@@H]1C[C@@H](CC2CC2)CN1C(=O)OC(C)(C)C. The van der Waals surface area contributed by atoms with Crippen molar-refractivity contribution in [1.29, 1.82) is 0 Å². The highest BCUT2D eigenvalue weighted by Gasteiger charge is 2.43. The van der Waals surface area contributed by atoms with E-state index in [0.29, 0.717) is 18.9 Å². The molecule has 5 nitrogen and oxygen atoms in total. The maximum absolute atomic E-state index is 12.2. The number of nitrogens with zero attached hydrogens (tertiary/aromatic N) is 1. The fraction of sp³-hybridized carbons (Fsp3) is 0.867. The molecule has 0 bridgehead atoms. The van der Waals surface area contributed by atoms with Crippen LogP contribution in [-0.4, -0.2) is 42.3 Å². The van der Waals surface area contributed by atoms with E-state index >= 15 is 0 Å². The smallest absolute Gasteiger partial charge is 0.411 e. The van der Waals surface area contributed by atoms with E-state index in [-0.39, 0.29) is 5.97 Å². The largest absolute Gasteiger partial charge is 0.467 e. The lowest BCUT2D eigenvalue weighted by atomic mass is 9.99. The highest BCUT2D eigenvalue weighted by atomic mass is 16.6. The number of hydrogen-bond acceptors (Lipinski definition) is 4. The van der Waals surface area contributed by atoms with Gasteiger partial charge in [0.2, 0.25) is 0 Å². The summed E-state index contributed by atoms with van der Waals surface area (Å²) < 4.78 is 10.2. The van der Waals surface area contributed by atoms with Gasteiger partial charge in [-0.25, -0.2) is 9.59 Å². The fourth-order valence-corrected chi connectivity index (χ4v) is 2.80. The van der Waals surface area contributed by atoms with E-state index in [2.05, 4.69) is 0 Å². The Hall–Kier alpha value is -1.26. The van der Waals surface area contributed by atoms with Gasteiger partial charge in [0, 0.05) is 6.54 Å². The predicted molar refractivity (Wildman–Crippen MR) is 74.2 cm³/mol. The van der Waals surface area contributed by atoms with Crippen LogP contribution in [0.3, 0.4) is 0 Å². The average molecular weight is 283 g/mol. The molecule has 0 spiro atoms. The molecular formula is C15H25NO4. The molecule has 0 aromatic rings. The average Bonchev–Trinajstić information content (AvgIpc) is 3.03. The summed E-state index contributed by atoms with van der Waals surface area (Å²) in [6.45, 7) is 6.09. The van der Waals surface area contributed by atoms with Gasteiger partial charge in [0.15, 0.2) is 0 Å². The molecule has 0 unspecified atom stereocenters. The van der Waals surface area contributed by atoms with E-state index in [9.17, 15) is 9.59 Å². The maximum Gasteiger partial charge on any atom is 0.411 e. The second kappa shape index (κ2) is 5.62. The predicted octanol–water partition coefficient (Wildman–Crippen LogP) is 2.59. The Bertz CT molecular complexity index is 384. The van der Waals surface area contributed by atoms with Crippen molar-refractivity contribution >= 4 is 12.1 Å². The molecule has 2 rings (SSSR count). The number of amides is 1. The van der Waals surface area contributed by atoms with E-state index in [1.54, 1.807) is 4.90 Å². The van der Waals surface area contributed by atoms with Crippen LogP contribution in [0.5, 0.6) is 0 Å². The summed E-state index contributed by atoms with van der Waals surface area (Å²) in [5.74, 6) is 0.838. The Morgan fingerprint density at radius 3 is 2.35 bits per heavy atom. The van der Waals surface area contributed by atoms with Crippen molar-refractivity contribution in [3.63, 3.8) is 0 Å². The molecule has 114 valence electrons. The van der Waals surface area contributed by atoms with Gasteiger partial charge in [0.05, 0.1) is 7.11 Å². The van der Waals surface area contributed by atoms with Gasteiger partial charge < -0.3 is 9.47 Å². The summed E-state index contributed by atoms with van der Waals surface area (Å²) in [5, 5.41) is 0. The second-order valence-electron chi connectivity index (χ2n) is 6.95. The molecule has 20 heavy (non-hydrogen) atoms. The van der Waals surface area contributed by atoms with E-state index in [0.717, 1.165) is 12.3 Å². The zero-order valence-electron chi connectivity index (χ0n) is 12.8. The van der Waals surface area contributed by atoms with Crippen molar-refractivity contribution in [3.05, 3.63) is 0 Å². The van der Waals surface area contributed by atoms with Gasteiger partial charge in [0.1, 0.15) is 11.6 Å². The zero-order chi connectivity index (χ0) is 14.9. The third kappa shape index (κ3) is 3.87. The van der Waals surface area contributed by atoms with Gasteiger partial charge in [-0.1, -0.05) is 12.8 Å². The molecule has 1 heterocycles. The summed E-state index contributed by atoms with van der Waals surface area (Å²) in [7, 11) is 1.36. The number of likely N-dealkylation sites (tertiary alicyclic amines) is 1. The minimum atomic E-state index is -0.549. The Morgan fingerprint density at radius 1 is 1.20 bits per heavy atom. The molecule has 1 amide bonds. The standard InChI is InChI=1S/C15H25NO4/c1-15(2,3)20-14(18)16-9-11(7-10-5-6-10)8-12(16)13(17)19-4/h10-12H,5-9H2,1-4H3/t11-,12+/m1/s1. The van der Waals surface area contributed by atoms with Crippen molar-refractivity contribution < 1.29 is 19.1 Å². The molecule has 1 aliphatic heterocycles. The monoisotopic (exact) mass is 283 g/mol. The number of carbonyl (C=O) groups is 2. The van der Waals surface area contributed by atoms with E-state index < -0.39 is 17.7 Å². The number of esters is 1. The number of hydrogen-bond donors (Lipinski definition) is 0. The molecule has 0 radical (unpaired) electrons. The molecule has 2 atom stereocenters. The van der Waals surface area contributed by atoms with Gasteiger partial charge in [-0.3, -0.25) is 4.90 Å². The Labute approximate surface area is 120 Å². The summed E-state index contributed by atoms with van der Waals surface area (Å²) in [6.07, 6.45) is 3.96. The van der Waals surface area contributed by atoms with Crippen LogP contribution in [-0.2, 0) is 14.3 Å². The van der Waals surface area contributed by atoms with Crippen LogP contribution in [0.1, 0.15) is 46.5 Å². The van der Waals surface area contributed by atoms with Crippen LogP contribution in [0, 0.1) is 11.8 Å². The van der Waals surface area contributed by atoms with Crippen molar-refractivity contribution in [1.82, 2.24) is 4.90 Å². The zero-order valence-corrected chi connectivity index (χ0v) is 12.8. The first-order chi connectivity index (χ1) is 9.30. The van der Waals surface area contributed by atoms with Crippen molar-refractivity contribution in [2.24, 2.45) is 11.8 Å². The summed E-state index contributed by atoms with van der Waals surface area (Å²) in [5.41, 5.74) is -0.549. The normalized spacial score (nSPS) is 26.5. The molecule has 0 N–H and O–H groups in total. The quantitative estimate of drug-likeness (QED) is 0.747. The highest BCUT2D eigenvalue weighted by Crippen LogP contribution is 2.39. The minimum Gasteiger partial charge on any atom is -0.467 e. The van der Waals surface area contributed by atoms with E-state index in [1.807, 2.05) is 20.8 Å². The second-order valence-corrected chi connectivity index (χ2v) is 6.95. The van der Waals surface area contributed by atoms with Crippen LogP contribution in [0.25, 0.3) is 0 Å². The van der Waals surface area contributed by atoms with E-state index in [1.165, 1.54) is 20.0 Å². The Morgan fingerprint density at radius 2 is 1.85 bits per heavy atom. The van der Waals surface area contributed by atoms with Gasteiger partial charge >= 0.3 is 12.1 Å². The molecule has 1 saturated carbocycles. The first kappa shape index (κ1) is 15.1.